The van der Waals surface area contributed by atoms with Gasteiger partial charge in [-0.25, -0.2) is 0 Å². The van der Waals surface area contributed by atoms with Crippen molar-refractivity contribution >= 4 is 27.7 Å². The molecular formula is C11H11BrN2O2. The fourth-order valence-corrected chi connectivity index (χ4v) is 2.08. The first-order chi connectivity index (χ1) is 7.65. The Morgan fingerprint density at radius 3 is 2.56 bits per heavy atom. The molecule has 2 amide bonds. The number of amides is 2. The summed E-state index contributed by atoms with van der Waals surface area (Å²) in [5.41, 5.74) is 6.32. The summed E-state index contributed by atoms with van der Waals surface area (Å²) in [6.45, 7) is 0.859. The summed E-state index contributed by atoms with van der Waals surface area (Å²) in [6.07, 6.45) is 0.632. The Morgan fingerprint density at radius 1 is 1.19 bits per heavy atom. The fraction of sp³-hybridized carbons (Fsp3) is 0.273. The van der Waals surface area contributed by atoms with Crippen LogP contribution in [0.4, 0.5) is 0 Å². The zero-order chi connectivity index (χ0) is 11.7. The van der Waals surface area contributed by atoms with Crippen LogP contribution in [-0.4, -0.2) is 29.8 Å². The molecule has 1 aromatic rings. The van der Waals surface area contributed by atoms with Crippen molar-refractivity contribution in [1.29, 1.82) is 0 Å². The maximum absolute atomic E-state index is 11.9. The van der Waals surface area contributed by atoms with E-state index in [4.69, 9.17) is 5.73 Å². The van der Waals surface area contributed by atoms with Crippen molar-refractivity contribution in [2.75, 3.05) is 13.1 Å². The van der Waals surface area contributed by atoms with Gasteiger partial charge in [0.1, 0.15) is 0 Å². The molecule has 0 saturated carbocycles. The maximum Gasteiger partial charge on any atom is 0.261 e. The molecule has 0 aliphatic carbocycles. The molecule has 16 heavy (non-hydrogen) atoms. The summed E-state index contributed by atoms with van der Waals surface area (Å²) in [5.74, 6) is -0.448. The lowest BCUT2D eigenvalue weighted by Crippen LogP contribution is -2.31. The first kappa shape index (κ1) is 11.3. The molecule has 0 unspecified atom stereocenters. The minimum absolute atomic E-state index is 0.221. The lowest BCUT2D eigenvalue weighted by molar-refractivity contribution is 0.0653. The highest BCUT2D eigenvalue weighted by atomic mass is 79.9. The Kier molecular flexibility index (Phi) is 3.07. The largest absolute Gasteiger partial charge is 0.330 e. The fourth-order valence-electron chi connectivity index (χ4n) is 1.72. The van der Waals surface area contributed by atoms with Gasteiger partial charge in [-0.05, 0) is 31.2 Å². The maximum atomic E-state index is 11.9. The molecule has 0 aromatic heterocycles. The van der Waals surface area contributed by atoms with Gasteiger partial charge in [0.25, 0.3) is 11.8 Å². The van der Waals surface area contributed by atoms with Crippen molar-refractivity contribution in [2.24, 2.45) is 5.73 Å². The van der Waals surface area contributed by atoms with Gasteiger partial charge in [0.15, 0.2) is 0 Å². The molecule has 0 saturated heterocycles. The van der Waals surface area contributed by atoms with Crippen LogP contribution in [0.5, 0.6) is 0 Å². The molecule has 0 atom stereocenters. The van der Waals surface area contributed by atoms with Crippen LogP contribution in [0, 0.1) is 0 Å². The van der Waals surface area contributed by atoms with E-state index in [2.05, 4.69) is 15.9 Å². The smallest absolute Gasteiger partial charge is 0.261 e. The third-order valence-electron chi connectivity index (χ3n) is 2.52. The first-order valence-corrected chi connectivity index (χ1v) is 5.80. The Labute approximate surface area is 102 Å². The van der Waals surface area contributed by atoms with Crippen molar-refractivity contribution in [1.82, 2.24) is 4.90 Å². The van der Waals surface area contributed by atoms with E-state index in [1.54, 1.807) is 18.2 Å². The molecule has 0 fully saturated rings. The number of nitrogens with two attached hydrogens (primary N) is 1. The second-order valence-corrected chi connectivity index (χ2v) is 4.51. The van der Waals surface area contributed by atoms with Crippen LogP contribution in [0.15, 0.2) is 22.7 Å². The number of fused-ring (bicyclic) bond motifs is 1. The monoisotopic (exact) mass is 282 g/mol. The average molecular weight is 283 g/mol. The van der Waals surface area contributed by atoms with E-state index < -0.39 is 0 Å². The Balaban J connectivity index is 2.33. The number of rotatable bonds is 3. The summed E-state index contributed by atoms with van der Waals surface area (Å²) in [4.78, 5) is 25.0. The number of benzene rings is 1. The van der Waals surface area contributed by atoms with E-state index in [9.17, 15) is 9.59 Å². The summed E-state index contributed by atoms with van der Waals surface area (Å²) in [5, 5.41) is 0. The summed E-state index contributed by atoms with van der Waals surface area (Å²) >= 11 is 3.28. The van der Waals surface area contributed by atoms with Gasteiger partial charge >= 0.3 is 0 Å². The number of halogens is 1. The lowest BCUT2D eigenvalue weighted by atomic mass is 10.1. The summed E-state index contributed by atoms with van der Waals surface area (Å²) in [6, 6.07) is 5.11. The number of carbonyl (C=O) groups excluding carboxylic acids is 2. The van der Waals surface area contributed by atoms with Crippen LogP contribution < -0.4 is 5.73 Å². The van der Waals surface area contributed by atoms with Crippen molar-refractivity contribution < 1.29 is 9.59 Å². The third kappa shape index (κ3) is 1.76. The number of hydrogen-bond donors (Lipinski definition) is 1. The first-order valence-electron chi connectivity index (χ1n) is 5.01. The van der Waals surface area contributed by atoms with Crippen LogP contribution in [0.25, 0.3) is 0 Å². The van der Waals surface area contributed by atoms with Gasteiger partial charge in [-0.3, -0.25) is 14.5 Å². The van der Waals surface area contributed by atoms with Gasteiger partial charge in [0, 0.05) is 11.0 Å². The van der Waals surface area contributed by atoms with Gasteiger partial charge in [-0.1, -0.05) is 15.9 Å². The third-order valence-corrected chi connectivity index (χ3v) is 3.01. The highest BCUT2D eigenvalue weighted by Gasteiger charge is 2.34. The van der Waals surface area contributed by atoms with E-state index >= 15 is 0 Å². The molecule has 5 heteroatoms. The molecule has 1 aliphatic rings. The number of imide groups is 1. The highest BCUT2D eigenvalue weighted by molar-refractivity contribution is 9.10. The minimum Gasteiger partial charge on any atom is -0.330 e. The van der Waals surface area contributed by atoms with Gasteiger partial charge in [-0.15, -0.1) is 0 Å². The van der Waals surface area contributed by atoms with Crippen molar-refractivity contribution in [2.45, 2.75) is 6.42 Å². The molecule has 1 heterocycles. The summed E-state index contributed by atoms with van der Waals surface area (Å²) in [7, 11) is 0. The molecule has 84 valence electrons. The molecule has 0 spiro atoms. The van der Waals surface area contributed by atoms with E-state index in [1.807, 2.05) is 0 Å². The second-order valence-electron chi connectivity index (χ2n) is 3.59. The van der Waals surface area contributed by atoms with Gasteiger partial charge in [0.2, 0.25) is 0 Å². The zero-order valence-corrected chi connectivity index (χ0v) is 10.2. The molecule has 2 N–H and O–H groups in total. The Hall–Kier alpha value is -1.20. The molecule has 0 bridgehead atoms. The van der Waals surface area contributed by atoms with E-state index in [0.717, 1.165) is 4.47 Å². The van der Waals surface area contributed by atoms with Crippen LogP contribution >= 0.6 is 15.9 Å². The van der Waals surface area contributed by atoms with Crippen LogP contribution in [0.3, 0.4) is 0 Å². The molecule has 1 aliphatic heterocycles. The minimum atomic E-state index is -0.227. The topological polar surface area (TPSA) is 63.4 Å². The predicted molar refractivity (Wildman–Crippen MR) is 63.2 cm³/mol. The van der Waals surface area contributed by atoms with E-state index in [1.165, 1.54) is 4.90 Å². The number of hydrogen-bond acceptors (Lipinski definition) is 3. The van der Waals surface area contributed by atoms with Gasteiger partial charge in [0.05, 0.1) is 11.1 Å². The van der Waals surface area contributed by atoms with Crippen LogP contribution in [0.1, 0.15) is 27.1 Å². The normalized spacial score (nSPS) is 14.5. The highest BCUT2D eigenvalue weighted by Crippen LogP contribution is 2.25. The van der Waals surface area contributed by atoms with Crippen LogP contribution in [-0.2, 0) is 0 Å². The Bertz CT molecular complexity index is 459. The van der Waals surface area contributed by atoms with E-state index in [-0.39, 0.29) is 11.8 Å². The standard InChI is InChI=1S/C11H11BrN2O2/c12-7-2-3-8-9(6-7)11(16)14(10(8)15)5-1-4-13/h2-3,6H,1,4-5,13H2. The van der Waals surface area contributed by atoms with Crippen molar-refractivity contribution in [3.05, 3.63) is 33.8 Å². The number of carbonyl (C=O) groups is 2. The zero-order valence-electron chi connectivity index (χ0n) is 8.57. The molecule has 4 nitrogen and oxygen atoms in total. The lowest BCUT2D eigenvalue weighted by Gasteiger charge is -2.12. The second kappa shape index (κ2) is 4.35. The predicted octanol–water partition coefficient (Wildman–Crippen LogP) is 1.39. The SMILES string of the molecule is NCCCN1C(=O)c2ccc(Br)cc2C1=O. The molecule has 1 aromatic carbocycles. The average Bonchev–Trinajstić information content (AvgIpc) is 2.50. The van der Waals surface area contributed by atoms with Crippen molar-refractivity contribution in [3.8, 4) is 0 Å². The molecule has 2 rings (SSSR count). The van der Waals surface area contributed by atoms with Crippen LogP contribution in [0.2, 0.25) is 0 Å². The van der Waals surface area contributed by atoms with Crippen molar-refractivity contribution in [3.63, 3.8) is 0 Å². The van der Waals surface area contributed by atoms with Gasteiger partial charge < -0.3 is 5.73 Å². The molecular weight excluding hydrogens is 272 g/mol. The number of nitrogens with zero attached hydrogens (tertiary/aromatic N) is 1. The van der Waals surface area contributed by atoms with Gasteiger partial charge in [-0.2, -0.15) is 0 Å². The Morgan fingerprint density at radius 2 is 1.88 bits per heavy atom. The quantitative estimate of drug-likeness (QED) is 0.853. The summed E-state index contributed by atoms with van der Waals surface area (Å²) < 4.78 is 0.799. The molecule has 0 radical (unpaired) electrons. The van der Waals surface area contributed by atoms with E-state index in [0.29, 0.717) is 30.6 Å².